The number of nitrogens with one attached hydrogen (secondary N) is 1. The Morgan fingerprint density at radius 3 is 2.23 bits per heavy atom. The first kappa shape index (κ1) is 28.9. The summed E-state index contributed by atoms with van der Waals surface area (Å²) in [5.74, 6) is 0. The predicted molar refractivity (Wildman–Crippen MR) is 158 cm³/mol. The van der Waals surface area contributed by atoms with E-state index in [-0.39, 0.29) is 11.0 Å². The molecule has 39 heavy (non-hydrogen) atoms. The molecule has 1 atom stereocenters. The number of benzene rings is 4. The van der Waals surface area contributed by atoms with E-state index in [2.05, 4.69) is 95.1 Å². The number of ether oxygens (including phenoxy) is 1. The number of rotatable bonds is 8. The van der Waals surface area contributed by atoms with Gasteiger partial charge in [0.15, 0.2) is 0 Å². The Kier molecular flexibility index (Phi) is 10.6. The van der Waals surface area contributed by atoms with Crippen LogP contribution in [-0.2, 0) is 21.4 Å². The monoisotopic (exact) mass is 562 g/mol. The Balaban J connectivity index is 0.000000270. The molecular formula is C31H34N2O4S2. The van der Waals surface area contributed by atoms with E-state index in [0.29, 0.717) is 0 Å². The molecule has 1 unspecified atom stereocenters. The number of aryl methyl sites for hydroxylation is 1. The molecule has 0 bridgehead atoms. The van der Waals surface area contributed by atoms with Crippen LogP contribution in [0.25, 0.3) is 0 Å². The molecular weight excluding hydrogens is 528 g/mol. The van der Waals surface area contributed by atoms with Crippen LogP contribution in [0.4, 0.5) is 5.69 Å². The Morgan fingerprint density at radius 2 is 1.54 bits per heavy atom. The van der Waals surface area contributed by atoms with Gasteiger partial charge in [-0.2, -0.15) is 8.42 Å². The second-order valence-electron chi connectivity index (χ2n) is 9.29. The number of anilines is 1. The average Bonchev–Trinajstić information content (AvgIpc) is 2.94. The van der Waals surface area contributed by atoms with E-state index in [1.807, 2.05) is 6.92 Å². The first-order valence-electron chi connectivity index (χ1n) is 12.8. The summed E-state index contributed by atoms with van der Waals surface area (Å²) in [6, 6.07) is 35.7. The van der Waals surface area contributed by atoms with Gasteiger partial charge in [-0.1, -0.05) is 90.1 Å². The minimum absolute atomic E-state index is 0.0666. The third-order valence-electron chi connectivity index (χ3n) is 6.17. The van der Waals surface area contributed by atoms with Crippen LogP contribution in [0.15, 0.2) is 124 Å². The normalized spacial score (nSPS) is 15.7. The van der Waals surface area contributed by atoms with Gasteiger partial charge in [-0.15, -0.1) is 0 Å². The van der Waals surface area contributed by atoms with Crippen molar-refractivity contribution in [3.63, 3.8) is 0 Å². The first-order valence-corrected chi connectivity index (χ1v) is 15.1. The van der Waals surface area contributed by atoms with E-state index >= 15 is 0 Å². The van der Waals surface area contributed by atoms with Gasteiger partial charge in [0.2, 0.25) is 0 Å². The maximum absolute atomic E-state index is 10.5. The molecule has 4 aromatic rings. The van der Waals surface area contributed by atoms with Crippen molar-refractivity contribution in [3.05, 3.63) is 120 Å². The van der Waals surface area contributed by atoms with Crippen molar-refractivity contribution in [2.75, 3.05) is 31.6 Å². The molecule has 8 heteroatoms. The summed E-state index contributed by atoms with van der Waals surface area (Å²) in [6.45, 7) is 6.38. The van der Waals surface area contributed by atoms with Gasteiger partial charge in [-0.3, -0.25) is 9.45 Å². The fraction of sp³-hybridized carbons (Fsp3) is 0.226. The van der Waals surface area contributed by atoms with Crippen LogP contribution in [0.2, 0.25) is 0 Å². The van der Waals surface area contributed by atoms with Gasteiger partial charge in [0, 0.05) is 41.7 Å². The summed E-state index contributed by atoms with van der Waals surface area (Å²) in [4.78, 5) is 4.91. The molecule has 0 radical (unpaired) electrons. The zero-order valence-corrected chi connectivity index (χ0v) is 23.6. The number of morpholine rings is 1. The van der Waals surface area contributed by atoms with Gasteiger partial charge in [0.25, 0.3) is 10.1 Å². The molecule has 4 aromatic carbocycles. The van der Waals surface area contributed by atoms with Crippen molar-refractivity contribution in [2.24, 2.45) is 0 Å². The highest BCUT2D eigenvalue weighted by Gasteiger charge is 2.20. The van der Waals surface area contributed by atoms with Gasteiger partial charge >= 0.3 is 0 Å². The lowest BCUT2D eigenvalue weighted by molar-refractivity contribution is -0.0240. The van der Waals surface area contributed by atoms with E-state index in [4.69, 9.17) is 9.29 Å². The average molecular weight is 563 g/mol. The third-order valence-corrected chi connectivity index (χ3v) is 8.12. The molecule has 1 saturated heterocycles. The molecule has 0 saturated carbocycles. The molecule has 204 valence electrons. The lowest BCUT2D eigenvalue weighted by Crippen LogP contribution is -2.44. The van der Waals surface area contributed by atoms with Crippen molar-refractivity contribution < 1.29 is 17.7 Å². The highest BCUT2D eigenvalue weighted by molar-refractivity contribution is 7.99. The van der Waals surface area contributed by atoms with E-state index in [1.54, 1.807) is 23.9 Å². The minimum Gasteiger partial charge on any atom is -0.381 e. The van der Waals surface area contributed by atoms with Crippen LogP contribution in [-0.4, -0.2) is 50.2 Å². The van der Waals surface area contributed by atoms with Crippen LogP contribution in [0.1, 0.15) is 11.1 Å². The van der Waals surface area contributed by atoms with Crippen LogP contribution in [0, 0.1) is 6.92 Å². The molecule has 1 heterocycles. The van der Waals surface area contributed by atoms with E-state index in [1.165, 1.54) is 33.2 Å². The Morgan fingerprint density at radius 1 is 0.897 bits per heavy atom. The molecule has 0 aliphatic carbocycles. The van der Waals surface area contributed by atoms with E-state index < -0.39 is 10.1 Å². The SMILES string of the molecule is Cc1ccc(S(=O)(=O)O)cc1.c1ccc(CN2CCOC(CNc3ccccc3Sc3ccccc3)C2)cc1. The van der Waals surface area contributed by atoms with Crippen molar-refractivity contribution in [2.45, 2.75) is 34.3 Å². The number of nitrogens with zero attached hydrogens (tertiary/aromatic N) is 1. The molecule has 6 nitrogen and oxygen atoms in total. The number of para-hydroxylation sites is 1. The Labute approximate surface area is 235 Å². The summed E-state index contributed by atoms with van der Waals surface area (Å²) in [6.07, 6.45) is 0.201. The molecule has 2 N–H and O–H groups in total. The summed E-state index contributed by atoms with van der Waals surface area (Å²) >= 11 is 1.79. The summed E-state index contributed by atoms with van der Waals surface area (Å²) in [5.41, 5.74) is 3.48. The minimum atomic E-state index is -4.02. The lowest BCUT2D eigenvalue weighted by Gasteiger charge is -2.33. The largest absolute Gasteiger partial charge is 0.381 e. The fourth-order valence-electron chi connectivity index (χ4n) is 4.14. The fourth-order valence-corrected chi connectivity index (χ4v) is 5.56. The second kappa shape index (κ2) is 14.3. The first-order chi connectivity index (χ1) is 18.9. The van der Waals surface area contributed by atoms with Gasteiger partial charge < -0.3 is 10.1 Å². The van der Waals surface area contributed by atoms with E-state index in [0.717, 1.165) is 38.3 Å². The van der Waals surface area contributed by atoms with Crippen LogP contribution < -0.4 is 5.32 Å². The standard InChI is InChI=1S/C24H26N2OS.C7H8O3S/c1-3-9-20(10-4-1)18-26-15-16-27-21(19-26)17-25-23-13-7-8-14-24(23)28-22-11-5-2-6-12-22;1-6-2-4-7(5-3-6)11(8,9)10/h1-14,21,25H,15-19H2;2-5H,1H3,(H,8,9,10). The van der Waals surface area contributed by atoms with Crippen molar-refractivity contribution in [3.8, 4) is 0 Å². The van der Waals surface area contributed by atoms with Crippen LogP contribution in [0.5, 0.6) is 0 Å². The zero-order valence-electron chi connectivity index (χ0n) is 21.9. The summed E-state index contributed by atoms with van der Waals surface area (Å²) in [5, 5.41) is 3.62. The topological polar surface area (TPSA) is 78.9 Å². The Hall–Kier alpha value is -3.14. The Bertz CT molecular complexity index is 1400. The van der Waals surface area contributed by atoms with Gasteiger partial charge in [0.1, 0.15) is 0 Å². The molecule has 1 aliphatic rings. The van der Waals surface area contributed by atoms with E-state index in [9.17, 15) is 8.42 Å². The van der Waals surface area contributed by atoms with Gasteiger partial charge in [-0.25, -0.2) is 0 Å². The quantitative estimate of drug-likeness (QED) is 0.241. The molecule has 0 amide bonds. The highest BCUT2D eigenvalue weighted by Crippen LogP contribution is 2.33. The highest BCUT2D eigenvalue weighted by atomic mass is 32.2. The van der Waals surface area contributed by atoms with Gasteiger partial charge in [-0.05, 0) is 48.9 Å². The maximum Gasteiger partial charge on any atom is 0.294 e. The van der Waals surface area contributed by atoms with Crippen LogP contribution >= 0.6 is 11.8 Å². The number of hydrogen-bond donors (Lipinski definition) is 2. The smallest absolute Gasteiger partial charge is 0.294 e. The van der Waals surface area contributed by atoms with Crippen molar-refractivity contribution >= 4 is 27.6 Å². The number of hydrogen-bond acceptors (Lipinski definition) is 6. The zero-order chi connectivity index (χ0) is 27.5. The van der Waals surface area contributed by atoms with Crippen LogP contribution in [0.3, 0.4) is 0 Å². The molecule has 1 fully saturated rings. The third kappa shape index (κ3) is 9.53. The molecule has 5 rings (SSSR count). The van der Waals surface area contributed by atoms with Crippen molar-refractivity contribution in [1.82, 2.24) is 4.90 Å². The molecule has 1 aliphatic heterocycles. The second-order valence-corrected chi connectivity index (χ2v) is 11.8. The molecule has 0 aromatic heterocycles. The summed E-state index contributed by atoms with van der Waals surface area (Å²) < 4.78 is 35.6. The van der Waals surface area contributed by atoms with Gasteiger partial charge in [0.05, 0.1) is 17.6 Å². The predicted octanol–water partition coefficient (Wildman–Crippen LogP) is 6.39. The maximum atomic E-state index is 10.5. The lowest BCUT2D eigenvalue weighted by atomic mass is 10.2. The molecule has 0 spiro atoms. The summed E-state index contributed by atoms with van der Waals surface area (Å²) in [7, 11) is -4.02. The van der Waals surface area contributed by atoms with Crippen molar-refractivity contribution in [1.29, 1.82) is 0 Å².